The Morgan fingerprint density at radius 1 is 1.32 bits per heavy atom. The number of aryl methyl sites for hydroxylation is 1. The summed E-state index contributed by atoms with van der Waals surface area (Å²) >= 11 is 6.10. The molecule has 0 fully saturated rings. The van der Waals surface area contributed by atoms with E-state index in [9.17, 15) is 4.79 Å². The third kappa shape index (κ3) is 3.08. The minimum atomic E-state index is 0. The van der Waals surface area contributed by atoms with Gasteiger partial charge in [0, 0.05) is 12.3 Å². The molecule has 0 radical (unpaired) electrons. The Morgan fingerprint density at radius 3 is 2.73 bits per heavy atom. The number of fused-ring (bicyclic) bond motifs is 1. The molecule has 0 saturated carbocycles. The molecular weight excluding hydrogens is 323 g/mol. The third-order valence-corrected chi connectivity index (χ3v) is 3.43. The van der Waals surface area contributed by atoms with Gasteiger partial charge < -0.3 is 4.74 Å². The zero-order valence-corrected chi connectivity index (χ0v) is 13.4. The van der Waals surface area contributed by atoms with Crippen LogP contribution in [0.25, 0.3) is 5.65 Å². The highest BCUT2D eigenvalue weighted by Gasteiger charge is 2.13. The molecule has 22 heavy (non-hydrogen) atoms. The van der Waals surface area contributed by atoms with Crippen molar-refractivity contribution in [3.05, 3.63) is 64.6 Å². The first kappa shape index (κ1) is 16.3. The van der Waals surface area contributed by atoms with Crippen molar-refractivity contribution in [2.75, 3.05) is 0 Å². The second-order valence-electron chi connectivity index (χ2n) is 4.69. The van der Waals surface area contributed by atoms with Gasteiger partial charge in [0.1, 0.15) is 12.3 Å². The Kier molecular flexibility index (Phi) is 5.06. The molecule has 3 aromatic rings. The van der Waals surface area contributed by atoms with Crippen molar-refractivity contribution < 1.29 is 9.53 Å². The van der Waals surface area contributed by atoms with Crippen molar-refractivity contribution in [2.45, 2.75) is 13.5 Å². The third-order valence-electron chi connectivity index (χ3n) is 3.22. The number of pyridine rings is 1. The summed E-state index contributed by atoms with van der Waals surface area (Å²) in [7, 11) is 0. The number of halogens is 2. The summed E-state index contributed by atoms with van der Waals surface area (Å²) in [5.41, 5.74) is 2.78. The fraction of sp³-hybridized carbons (Fsp3) is 0.125. The van der Waals surface area contributed by atoms with Crippen LogP contribution < -0.4 is 4.74 Å². The summed E-state index contributed by atoms with van der Waals surface area (Å²) < 4.78 is 7.47. The summed E-state index contributed by atoms with van der Waals surface area (Å²) in [5, 5.41) is 0.492. The molecule has 3 rings (SSSR count). The van der Waals surface area contributed by atoms with Crippen LogP contribution in [0, 0.1) is 6.92 Å². The number of ether oxygens (including phenoxy) is 1. The Labute approximate surface area is 139 Å². The highest BCUT2D eigenvalue weighted by Crippen LogP contribution is 2.26. The highest BCUT2D eigenvalue weighted by molar-refractivity contribution is 6.30. The highest BCUT2D eigenvalue weighted by atomic mass is 35.5. The van der Waals surface area contributed by atoms with Crippen LogP contribution in [0.1, 0.15) is 21.7 Å². The molecule has 0 atom stereocenters. The second-order valence-corrected chi connectivity index (χ2v) is 5.13. The average molecular weight is 337 g/mol. The molecule has 0 N–H and O–H groups in total. The lowest BCUT2D eigenvalue weighted by Gasteiger charge is -2.08. The predicted molar refractivity (Wildman–Crippen MR) is 88.3 cm³/mol. The van der Waals surface area contributed by atoms with Gasteiger partial charge in [-0.3, -0.25) is 9.20 Å². The normalized spacial score (nSPS) is 10.3. The summed E-state index contributed by atoms with van der Waals surface area (Å²) in [6.07, 6.45) is 2.43. The van der Waals surface area contributed by atoms with E-state index in [0.29, 0.717) is 34.4 Å². The van der Waals surface area contributed by atoms with E-state index in [1.165, 1.54) is 0 Å². The van der Waals surface area contributed by atoms with Crippen LogP contribution in [0.4, 0.5) is 0 Å². The molecule has 0 aliphatic heterocycles. The standard InChI is InChI=1S/C16H13ClN2O2.ClH/c1-11-14(9-20)19-8-13(17)7-15(16(19)18-11)21-10-12-5-3-2-4-6-12;/h2-9H,10H2,1H3;1H. The van der Waals surface area contributed by atoms with Gasteiger partial charge in [0.25, 0.3) is 0 Å². The lowest BCUT2D eigenvalue weighted by Crippen LogP contribution is -1.99. The largest absolute Gasteiger partial charge is 0.485 e. The molecular formula is C16H14Cl2N2O2. The molecule has 0 aliphatic rings. The van der Waals surface area contributed by atoms with Crippen LogP contribution in [-0.2, 0) is 6.61 Å². The van der Waals surface area contributed by atoms with Crippen LogP contribution in [0.3, 0.4) is 0 Å². The van der Waals surface area contributed by atoms with E-state index in [0.717, 1.165) is 11.8 Å². The second kappa shape index (κ2) is 6.81. The van der Waals surface area contributed by atoms with Crippen molar-refractivity contribution in [2.24, 2.45) is 0 Å². The average Bonchev–Trinajstić information content (AvgIpc) is 2.81. The summed E-state index contributed by atoms with van der Waals surface area (Å²) in [6, 6.07) is 11.5. The number of aldehydes is 1. The number of nitrogens with zero attached hydrogens (tertiary/aromatic N) is 2. The molecule has 0 spiro atoms. The minimum absolute atomic E-state index is 0. The van der Waals surface area contributed by atoms with E-state index in [4.69, 9.17) is 16.3 Å². The van der Waals surface area contributed by atoms with Gasteiger partial charge in [0.05, 0.1) is 10.7 Å². The molecule has 4 nitrogen and oxygen atoms in total. The number of hydrogen-bond donors (Lipinski definition) is 0. The number of aromatic nitrogens is 2. The first-order valence-corrected chi connectivity index (χ1v) is 6.87. The monoisotopic (exact) mass is 336 g/mol. The lowest BCUT2D eigenvalue weighted by molar-refractivity contribution is 0.111. The van der Waals surface area contributed by atoms with Crippen LogP contribution >= 0.6 is 24.0 Å². The number of benzene rings is 1. The number of carbonyl (C=O) groups is 1. The van der Waals surface area contributed by atoms with E-state index in [2.05, 4.69) is 4.98 Å². The van der Waals surface area contributed by atoms with Gasteiger partial charge in [0.15, 0.2) is 17.7 Å². The topological polar surface area (TPSA) is 43.6 Å². The van der Waals surface area contributed by atoms with Crippen LogP contribution in [-0.4, -0.2) is 15.7 Å². The first-order chi connectivity index (χ1) is 10.2. The van der Waals surface area contributed by atoms with Crippen molar-refractivity contribution in [3.8, 4) is 5.75 Å². The molecule has 0 bridgehead atoms. The number of imidazole rings is 1. The molecule has 2 heterocycles. The maximum Gasteiger partial charge on any atom is 0.180 e. The zero-order chi connectivity index (χ0) is 14.8. The summed E-state index contributed by atoms with van der Waals surface area (Å²) in [4.78, 5) is 15.5. The number of hydrogen-bond acceptors (Lipinski definition) is 3. The fourth-order valence-electron chi connectivity index (χ4n) is 2.20. The predicted octanol–water partition coefficient (Wildman–Crippen LogP) is 4.11. The van der Waals surface area contributed by atoms with E-state index < -0.39 is 0 Å². The van der Waals surface area contributed by atoms with Gasteiger partial charge in [-0.25, -0.2) is 4.98 Å². The van der Waals surface area contributed by atoms with E-state index >= 15 is 0 Å². The molecule has 6 heteroatoms. The Morgan fingerprint density at radius 2 is 2.05 bits per heavy atom. The van der Waals surface area contributed by atoms with Crippen molar-refractivity contribution in [1.82, 2.24) is 9.38 Å². The molecule has 0 aliphatic carbocycles. The van der Waals surface area contributed by atoms with Crippen LogP contribution in [0.15, 0.2) is 42.6 Å². The van der Waals surface area contributed by atoms with Gasteiger partial charge in [0.2, 0.25) is 0 Å². The van der Waals surface area contributed by atoms with Crippen molar-refractivity contribution in [3.63, 3.8) is 0 Å². The lowest BCUT2D eigenvalue weighted by atomic mass is 10.2. The van der Waals surface area contributed by atoms with Crippen LogP contribution in [0.5, 0.6) is 5.75 Å². The fourth-order valence-corrected chi connectivity index (χ4v) is 2.39. The molecule has 114 valence electrons. The van der Waals surface area contributed by atoms with Gasteiger partial charge in [-0.15, -0.1) is 12.4 Å². The Hall–Kier alpha value is -2.04. The molecule has 1 aromatic carbocycles. The van der Waals surface area contributed by atoms with E-state index in [1.54, 1.807) is 23.6 Å². The van der Waals surface area contributed by atoms with E-state index in [1.807, 2.05) is 30.3 Å². The Balaban J connectivity index is 0.00000176. The zero-order valence-electron chi connectivity index (χ0n) is 11.8. The SMILES string of the molecule is Cc1nc2c(OCc3ccccc3)cc(Cl)cn2c1C=O.Cl. The minimum Gasteiger partial charge on any atom is -0.485 e. The molecule has 0 saturated heterocycles. The van der Waals surface area contributed by atoms with Crippen molar-refractivity contribution in [1.29, 1.82) is 0 Å². The Bertz CT molecular complexity index is 801. The molecule has 0 unspecified atom stereocenters. The van der Waals surface area contributed by atoms with Gasteiger partial charge >= 0.3 is 0 Å². The maximum atomic E-state index is 11.2. The first-order valence-electron chi connectivity index (χ1n) is 6.49. The molecule has 2 aromatic heterocycles. The van der Waals surface area contributed by atoms with Gasteiger partial charge in [-0.2, -0.15) is 0 Å². The van der Waals surface area contributed by atoms with Crippen LogP contribution in [0.2, 0.25) is 5.02 Å². The van der Waals surface area contributed by atoms with E-state index in [-0.39, 0.29) is 12.4 Å². The maximum absolute atomic E-state index is 11.2. The smallest absolute Gasteiger partial charge is 0.180 e. The number of rotatable bonds is 4. The molecule has 0 amide bonds. The summed E-state index contributed by atoms with van der Waals surface area (Å²) in [5.74, 6) is 0.558. The number of carbonyl (C=O) groups excluding carboxylic acids is 1. The quantitative estimate of drug-likeness (QED) is 0.673. The van der Waals surface area contributed by atoms with Crippen molar-refractivity contribution >= 4 is 35.9 Å². The van der Waals surface area contributed by atoms with Gasteiger partial charge in [-0.05, 0) is 12.5 Å². The van der Waals surface area contributed by atoms with Gasteiger partial charge in [-0.1, -0.05) is 41.9 Å². The summed E-state index contributed by atoms with van der Waals surface area (Å²) in [6.45, 7) is 2.20.